The lowest BCUT2D eigenvalue weighted by Crippen LogP contribution is -2.45. The zero-order valence-corrected chi connectivity index (χ0v) is 24.7. The van der Waals surface area contributed by atoms with E-state index >= 15 is 0 Å². The van der Waals surface area contributed by atoms with Crippen molar-refractivity contribution in [3.63, 3.8) is 0 Å². The lowest BCUT2D eigenvalue weighted by molar-refractivity contribution is -0.135. The summed E-state index contributed by atoms with van der Waals surface area (Å²) < 4.78 is 25.5. The monoisotopic (exact) mass is 592 g/mol. The minimum Gasteiger partial charge on any atom is -0.445 e. The molecule has 9 heteroatoms. The Kier molecular flexibility index (Phi) is 8.28. The maximum absolute atomic E-state index is 14.4. The van der Waals surface area contributed by atoms with Gasteiger partial charge in [-0.2, -0.15) is 0 Å². The third-order valence-electron chi connectivity index (χ3n) is 7.74. The van der Waals surface area contributed by atoms with Crippen LogP contribution in [0, 0.1) is 11.2 Å². The van der Waals surface area contributed by atoms with Crippen molar-refractivity contribution in [2.75, 3.05) is 13.1 Å². The predicted octanol–water partition coefficient (Wildman–Crippen LogP) is 7.25. The first kappa shape index (κ1) is 29.6. The van der Waals surface area contributed by atoms with Crippen LogP contribution in [0.5, 0.6) is 0 Å². The van der Waals surface area contributed by atoms with Gasteiger partial charge in [0.25, 0.3) is 0 Å². The molecule has 220 valence electrons. The van der Waals surface area contributed by atoms with Gasteiger partial charge in [0.05, 0.1) is 5.41 Å². The SMILES string of the molecule is CC(C)(C)OC(=O)N1C(=O)C2(CCN(C(=O)OCc3ccccc3)C2)CC1Cc1ccc(-c2cc(Cl)ccc2F)cc1. The number of ether oxygens (including phenoxy) is 2. The molecule has 3 aromatic rings. The smallest absolute Gasteiger partial charge is 0.417 e. The molecule has 2 saturated heterocycles. The van der Waals surface area contributed by atoms with E-state index in [1.54, 1.807) is 43.9 Å². The van der Waals surface area contributed by atoms with E-state index in [-0.39, 0.29) is 24.9 Å². The molecule has 0 saturated carbocycles. The minimum absolute atomic E-state index is 0.138. The molecule has 7 nitrogen and oxygen atoms in total. The summed E-state index contributed by atoms with van der Waals surface area (Å²) in [7, 11) is 0. The number of carbonyl (C=O) groups excluding carboxylic acids is 3. The molecule has 0 radical (unpaired) electrons. The Morgan fingerprint density at radius 1 is 1.00 bits per heavy atom. The second kappa shape index (κ2) is 11.8. The average Bonchev–Trinajstić information content (AvgIpc) is 3.49. The van der Waals surface area contributed by atoms with Crippen LogP contribution in [0.2, 0.25) is 5.02 Å². The number of imide groups is 1. The summed E-state index contributed by atoms with van der Waals surface area (Å²) in [6.45, 7) is 5.92. The van der Waals surface area contributed by atoms with E-state index < -0.39 is 29.2 Å². The van der Waals surface area contributed by atoms with Crippen molar-refractivity contribution in [2.45, 2.75) is 58.3 Å². The van der Waals surface area contributed by atoms with E-state index in [9.17, 15) is 18.8 Å². The van der Waals surface area contributed by atoms with Crippen molar-refractivity contribution in [2.24, 2.45) is 5.41 Å². The second-order valence-corrected chi connectivity index (χ2v) is 12.5. The fourth-order valence-corrected chi connectivity index (χ4v) is 5.92. The van der Waals surface area contributed by atoms with Crippen molar-refractivity contribution in [3.05, 3.63) is 94.8 Å². The number of likely N-dealkylation sites (tertiary alicyclic amines) is 2. The van der Waals surface area contributed by atoms with Crippen LogP contribution >= 0.6 is 11.6 Å². The molecule has 3 amide bonds. The number of rotatable bonds is 5. The zero-order valence-electron chi connectivity index (χ0n) is 23.9. The maximum atomic E-state index is 14.4. The summed E-state index contributed by atoms with van der Waals surface area (Å²) in [6, 6.07) is 20.6. The number of hydrogen-bond acceptors (Lipinski definition) is 5. The first-order valence-electron chi connectivity index (χ1n) is 14.0. The van der Waals surface area contributed by atoms with Crippen molar-refractivity contribution in [1.29, 1.82) is 0 Å². The Bertz CT molecular complexity index is 1470. The molecule has 0 aromatic heterocycles. The summed E-state index contributed by atoms with van der Waals surface area (Å²) in [5.74, 6) is -0.711. The van der Waals surface area contributed by atoms with Crippen LogP contribution in [0.4, 0.5) is 14.0 Å². The molecule has 2 unspecified atom stereocenters. The minimum atomic E-state index is -0.906. The fourth-order valence-electron chi connectivity index (χ4n) is 5.75. The van der Waals surface area contributed by atoms with E-state index in [2.05, 4.69) is 0 Å². The normalized spacial score (nSPS) is 20.3. The molecule has 0 N–H and O–H groups in total. The number of benzene rings is 3. The Labute approximate surface area is 250 Å². The van der Waals surface area contributed by atoms with Gasteiger partial charge in [0, 0.05) is 29.7 Å². The topological polar surface area (TPSA) is 76.2 Å². The molecule has 42 heavy (non-hydrogen) atoms. The predicted molar refractivity (Wildman–Crippen MR) is 157 cm³/mol. The molecule has 0 aliphatic carbocycles. The molecular formula is C33H34ClFN2O5. The number of hydrogen-bond donors (Lipinski definition) is 0. The van der Waals surface area contributed by atoms with Crippen molar-refractivity contribution in [1.82, 2.24) is 9.80 Å². The second-order valence-electron chi connectivity index (χ2n) is 12.0. The standard InChI is InChI=1S/C33H34ClFN2O5/c1-32(2,3)42-31(40)37-26(17-22-9-11-24(12-10-22)27-18-25(34)13-14-28(27)35)19-33(29(37)38)15-16-36(21-33)30(39)41-20-23-7-5-4-6-8-23/h4-14,18,26H,15-17,19-21H2,1-3H3. The van der Waals surface area contributed by atoms with Gasteiger partial charge in [-0.3, -0.25) is 4.79 Å². The van der Waals surface area contributed by atoms with Gasteiger partial charge in [-0.05, 0) is 74.9 Å². The number of amides is 3. The lowest BCUT2D eigenvalue weighted by atomic mass is 9.83. The Morgan fingerprint density at radius 2 is 1.71 bits per heavy atom. The third-order valence-corrected chi connectivity index (χ3v) is 7.97. The van der Waals surface area contributed by atoms with Crippen molar-refractivity contribution >= 4 is 29.7 Å². The lowest BCUT2D eigenvalue weighted by Gasteiger charge is -2.28. The van der Waals surface area contributed by atoms with Crippen molar-refractivity contribution < 1.29 is 28.2 Å². The van der Waals surface area contributed by atoms with E-state index in [0.717, 1.165) is 11.1 Å². The van der Waals surface area contributed by atoms with Crippen LogP contribution in [0.25, 0.3) is 11.1 Å². The Hall–Kier alpha value is -3.91. The maximum Gasteiger partial charge on any atom is 0.417 e. The van der Waals surface area contributed by atoms with Gasteiger partial charge in [0.1, 0.15) is 18.0 Å². The van der Waals surface area contributed by atoms with Crippen LogP contribution < -0.4 is 0 Å². The molecular weight excluding hydrogens is 559 g/mol. The number of nitrogens with zero attached hydrogens (tertiary/aromatic N) is 2. The van der Waals surface area contributed by atoms with Crippen LogP contribution in [0.1, 0.15) is 44.7 Å². The summed E-state index contributed by atoms with van der Waals surface area (Å²) >= 11 is 6.07. The summed E-state index contributed by atoms with van der Waals surface area (Å²) in [5.41, 5.74) is 1.12. The number of halogens is 2. The molecule has 2 fully saturated rings. The first-order valence-corrected chi connectivity index (χ1v) is 14.4. The van der Waals surface area contributed by atoms with Crippen molar-refractivity contribution in [3.8, 4) is 11.1 Å². The fraction of sp³-hybridized carbons (Fsp3) is 0.364. The Morgan fingerprint density at radius 3 is 2.40 bits per heavy atom. The molecule has 2 atom stereocenters. The van der Waals surface area contributed by atoms with Gasteiger partial charge in [0.15, 0.2) is 0 Å². The quantitative estimate of drug-likeness (QED) is 0.312. The van der Waals surface area contributed by atoms with Crippen LogP contribution in [-0.4, -0.2) is 52.6 Å². The first-order chi connectivity index (χ1) is 19.9. The highest BCUT2D eigenvalue weighted by molar-refractivity contribution is 6.30. The van der Waals surface area contributed by atoms with E-state index in [4.69, 9.17) is 21.1 Å². The van der Waals surface area contributed by atoms with Gasteiger partial charge in [-0.25, -0.2) is 18.9 Å². The van der Waals surface area contributed by atoms with E-state index in [0.29, 0.717) is 42.0 Å². The van der Waals surface area contributed by atoms with Gasteiger partial charge < -0.3 is 14.4 Å². The average molecular weight is 593 g/mol. The zero-order chi connectivity index (χ0) is 30.1. The van der Waals surface area contributed by atoms with Gasteiger partial charge in [0.2, 0.25) is 5.91 Å². The van der Waals surface area contributed by atoms with Crippen LogP contribution in [0.3, 0.4) is 0 Å². The van der Waals surface area contributed by atoms with Gasteiger partial charge >= 0.3 is 12.2 Å². The summed E-state index contributed by atoms with van der Waals surface area (Å²) in [6.07, 6.45) is 0.0215. The van der Waals surface area contributed by atoms with Gasteiger partial charge in [-0.15, -0.1) is 0 Å². The highest BCUT2D eigenvalue weighted by Crippen LogP contribution is 2.45. The molecule has 2 aliphatic heterocycles. The summed E-state index contributed by atoms with van der Waals surface area (Å²) in [4.78, 5) is 42.9. The van der Waals surface area contributed by atoms with E-state index in [1.807, 2.05) is 42.5 Å². The van der Waals surface area contributed by atoms with Crippen LogP contribution in [0.15, 0.2) is 72.8 Å². The molecule has 5 rings (SSSR count). The molecule has 3 aromatic carbocycles. The molecule has 0 bridgehead atoms. The highest BCUT2D eigenvalue weighted by atomic mass is 35.5. The molecule has 1 spiro atoms. The number of carbonyl (C=O) groups is 3. The molecule has 2 aliphatic rings. The Balaban J connectivity index is 1.33. The largest absolute Gasteiger partial charge is 0.445 e. The summed E-state index contributed by atoms with van der Waals surface area (Å²) in [5, 5.41) is 0.438. The van der Waals surface area contributed by atoms with Gasteiger partial charge in [-0.1, -0.05) is 66.2 Å². The highest BCUT2D eigenvalue weighted by Gasteiger charge is 2.58. The van der Waals surface area contributed by atoms with Crippen LogP contribution in [-0.2, 0) is 27.3 Å². The molecule has 2 heterocycles. The van der Waals surface area contributed by atoms with E-state index in [1.165, 1.54) is 17.0 Å². The third kappa shape index (κ3) is 6.44.